The molecular weight excluding hydrogens is 240 g/mol. The van der Waals surface area contributed by atoms with Gasteiger partial charge in [0.05, 0.1) is 20.1 Å². The highest BCUT2D eigenvalue weighted by Crippen LogP contribution is 2.37. The van der Waals surface area contributed by atoms with Crippen LogP contribution < -0.4 is 5.73 Å². The van der Waals surface area contributed by atoms with Crippen LogP contribution in [0, 0.1) is 0 Å². The fourth-order valence-electron chi connectivity index (χ4n) is 0.770. The van der Waals surface area contributed by atoms with Crippen molar-refractivity contribution in [1.29, 1.82) is 0 Å². The Morgan fingerprint density at radius 3 is 2.08 bits per heavy atom. The highest BCUT2D eigenvalue weighted by atomic mass is 35.5. The molecule has 0 spiro atoms. The number of halogens is 4. The minimum absolute atomic E-state index is 0.256. The molecule has 0 aliphatic heterocycles. The van der Waals surface area contributed by atoms with Crippen LogP contribution in [0.25, 0.3) is 0 Å². The van der Waals surface area contributed by atoms with Gasteiger partial charge in [-0.3, -0.25) is 0 Å². The van der Waals surface area contributed by atoms with Crippen molar-refractivity contribution in [3.8, 4) is 0 Å². The van der Waals surface area contributed by atoms with E-state index in [1.54, 1.807) is 6.07 Å². The molecule has 1 rings (SSSR count). The third kappa shape index (κ3) is 1.81. The summed E-state index contributed by atoms with van der Waals surface area (Å²) in [7, 11) is 0. The molecule has 0 aliphatic carbocycles. The fourth-order valence-corrected chi connectivity index (χ4v) is 1.69. The van der Waals surface area contributed by atoms with Crippen LogP contribution in [0.5, 0.6) is 0 Å². The van der Waals surface area contributed by atoms with E-state index in [0.29, 0.717) is 15.6 Å². The average molecular weight is 245 g/mol. The predicted octanol–water partition coefficient (Wildman–Crippen LogP) is 3.76. The van der Waals surface area contributed by atoms with Crippen LogP contribution in [-0.4, -0.2) is 0 Å². The van der Waals surface area contributed by atoms with Crippen LogP contribution in [0.3, 0.4) is 0 Å². The van der Waals surface area contributed by atoms with Crippen LogP contribution in [0.1, 0.15) is 5.56 Å². The zero-order chi connectivity index (χ0) is 9.30. The Morgan fingerprint density at radius 2 is 1.58 bits per heavy atom. The van der Waals surface area contributed by atoms with Crippen LogP contribution >= 0.6 is 46.4 Å². The summed E-state index contributed by atoms with van der Waals surface area (Å²) in [4.78, 5) is 0. The SMILES string of the molecule is NCc1cc(Cl)c(Cl)c(Cl)c1Cl. The van der Waals surface area contributed by atoms with Crippen molar-refractivity contribution in [1.82, 2.24) is 0 Å². The lowest BCUT2D eigenvalue weighted by Crippen LogP contribution is -1.97. The van der Waals surface area contributed by atoms with E-state index in [9.17, 15) is 0 Å². The largest absolute Gasteiger partial charge is 0.326 e. The maximum atomic E-state index is 5.82. The molecule has 2 N–H and O–H groups in total. The van der Waals surface area contributed by atoms with Gasteiger partial charge in [0, 0.05) is 6.54 Å². The molecule has 0 radical (unpaired) electrons. The summed E-state index contributed by atoms with van der Waals surface area (Å²) in [5.41, 5.74) is 6.08. The molecule has 0 saturated carbocycles. The van der Waals surface area contributed by atoms with Gasteiger partial charge in [-0.25, -0.2) is 0 Å². The summed E-state index contributed by atoms with van der Waals surface area (Å²) in [5.74, 6) is 0. The standard InChI is InChI=1S/C7H5Cl4N/c8-4-1-3(2-12)5(9)7(11)6(4)10/h1H,2,12H2. The van der Waals surface area contributed by atoms with Gasteiger partial charge in [0.25, 0.3) is 0 Å². The van der Waals surface area contributed by atoms with E-state index >= 15 is 0 Å². The molecule has 0 aliphatic rings. The first-order valence-electron chi connectivity index (χ1n) is 3.10. The topological polar surface area (TPSA) is 26.0 Å². The van der Waals surface area contributed by atoms with Gasteiger partial charge in [-0.1, -0.05) is 46.4 Å². The van der Waals surface area contributed by atoms with Crippen LogP contribution in [-0.2, 0) is 6.54 Å². The second-order valence-corrected chi connectivity index (χ2v) is 3.70. The number of benzene rings is 1. The number of hydrogen-bond donors (Lipinski definition) is 1. The maximum absolute atomic E-state index is 5.82. The molecule has 0 fully saturated rings. The van der Waals surface area contributed by atoms with Gasteiger partial charge < -0.3 is 5.73 Å². The second-order valence-electron chi connectivity index (χ2n) is 2.16. The van der Waals surface area contributed by atoms with E-state index in [1.165, 1.54) is 0 Å². The minimum Gasteiger partial charge on any atom is -0.326 e. The molecule has 0 heterocycles. The highest BCUT2D eigenvalue weighted by molar-refractivity contribution is 6.51. The number of rotatable bonds is 1. The van der Waals surface area contributed by atoms with Gasteiger partial charge in [0.1, 0.15) is 0 Å². The van der Waals surface area contributed by atoms with E-state index in [4.69, 9.17) is 52.1 Å². The lowest BCUT2D eigenvalue weighted by atomic mass is 10.2. The number of nitrogens with two attached hydrogens (primary N) is 1. The molecule has 12 heavy (non-hydrogen) atoms. The molecule has 5 heteroatoms. The molecule has 1 aromatic rings. The van der Waals surface area contributed by atoms with Gasteiger partial charge in [0.2, 0.25) is 0 Å². The molecule has 1 aromatic carbocycles. The Kier molecular flexibility index (Phi) is 3.50. The predicted molar refractivity (Wildman–Crippen MR) is 54.4 cm³/mol. The van der Waals surface area contributed by atoms with Gasteiger partial charge in [-0.15, -0.1) is 0 Å². The Hall–Kier alpha value is 0.340. The van der Waals surface area contributed by atoms with Crippen molar-refractivity contribution < 1.29 is 0 Å². The molecule has 1 nitrogen and oxygen atoms in total. The average Bonchev–Trinajstić information content (AvgIpc) is 2.08. The maximum Gasteiger partial charge on any atom is 0.0797 e. The summed E-state index contributed by atoms with van der Waals surface area (Å²) >= 11 is 23.0. The Balaban J connectivity index is 3.39. The quantitative estimate of drug-likeness (QED) is 0.591. The van der Waals surface area contributed by atoms with E-state index in [2.05, 4.69) is 0 Å². The molecule has 0 bridgehead atoms. The summed E-state index contributed by atoms with van der Waals surface area (Å²) in [6.45, 7) is 0.287. The Morgan fingerprint density at radius 1 is 1.00 bits per heavy atom. The monoisotopic (exact) mass is 243 g/mol. The van der Waals surface area contributed by atoms with Crippen molar-refractivity contribution in [2.45, 2.75) is 6.54 Å². The second kappa shape index (κ2) is 4.03. The smallest absolute Gasteiger partial charge is 0.0797 e. The van der Waals surface area contributed by atoms with Gasteiger partial charge >= 0.3 is 0 Å². The molecule has 0 unspecified atom stereocenters. The van der Waals surface area contributed by atoms with E-state index in [0.717, 1.165) is 0 Å². The van der Waals surface area contributed by atoms with Crippen LogP contribution in [0.2, 0.25) is 20.1 Å². The van der Waals surface area contributed by atoms with Crippen molar-refractivity contribution in [2.75, 3.05) is 0 Å². The van der Waals surface area contributed by atoms with Crippen molar-refractivity contribution in [2.24, 2.45) is 5.73 Å². The highest BCUT2D eigenvalue weighted by Gasteiger charge is 2.11. The first kappa shape index (κ1) is 10.4. The van der Waals surface area contributed by atoms with Crippen molar-refractivity contribution >= 4 is 46.4 Å². The lowest BCUT2D eigenvalue weighted by Gasteiger charge is -2.06. The Labute approximate surface area is 90.3 Å². The minimum atomic E-state index is 0.256. The summed E-state index contributed by atoms with van der Waals surface area (Å²) < 4.78 is 0. The molecule has 0 saturated heterocycles. The molecule has 0 amide bonds. The van der Waals surface area contributed by atoms with Crippen molar-refractivity contribution in [3.63, 3.8) is 0 Å². The molecule has 0 atom stereocenters. The molecule has 66 valence electrons. The van der Waals surface area contributed by atoms with Crippen LogP contribution in [0.15, 0.2) is 6.07 Å². The first-order valence-corrected chi connectivity index (χ1v) is 4.61. The molecule has 0 aromatic heterocycles. The van der Waals surface area contributed by atoms with Gasteiger partial charge in [-0.2, -0.15) is 0 Å². The van der Waals surface area contributed by atoms with E-state index in [1.807, 2.05) is 0 Å². The van der Waals surface area contributed by atoms with Crippen molar-refractivity contribution in [3.05, 3.63) is 31.7 Å². The summed E-state index contributed by atoms with van der Waals surface area (Å²) in [5, 5.41) is 1.26. The summed E-state index contributed by atoms with van der Waals surface area (Å²) in [6, 6.07) is 1.61. The van der Waals surface area contributed by atoms with Gasteiger partial charge in [-0.05, 0) is 11.6 Å². The first-order chi connectivity index (χ1) is 5.57. The molecular formula is C7H5Cl4N. The Bertz CT molecular complexity index is 311. The third-order valence-corrected chi connectivity index (χ3v) is 3.19. The lowest BCUT2D eigenvalue weighted by molar-refractivity contribution is 1.07. The van der Waals surface area contributed by atoms with E-state index < -0.39 is 0 Å². The fraction of sp³-hybridized carbons (Fsp3) is 0.143. The summed E-state index contributed by atoms with van der Waals surface area (Å²) in [6.07, 6.45) is 0. The third-order valence-electron chi connectivity index (χ3n) is 1.40. The zero-order valence-electron chi connectivity index (χ0n) is 5.87. The normalized spacial score (nSPS) is 10.4. The van der Waals surface area contributed by atoms with E-state index in [-0.39, 0.29) is 16.6 Å². The zero-order valence-corrected chi connectivity index (χ0v) is 8.90. The number of hydrogen-bond acceptors (Lipinski definition) is 1. The van der Waals surface area contributed by atoms with Crippen LogP contribution in [0.4, 0.5) is 0 Å². The van der Waals surface area contributed by atoms with Gasteiger partial charge in [0.15, 0.2) is 0 Å².